The number of hydrogen-bond acceptors (Lipinski definition) is 10. The first-order valence-electron chi connectivity index (χ1n) is 31.4. The van der Waals surface area contributed by atoms with Crippen molar-refractivity contribution in [2.45, 2.75) is 340 Å². The van der Waals surface area contributed by atoms with E-state index in [0.29, 0.717) is 18.7 Å². The number of benzene rings is 1. The molecule has 11 heteroatoms. The number of anilines is 1. The van der Waals surface area contributed by atoms with Crippen molar-refractivity contribution in [3.8, 4) is 0 Å². The predicted molar refractivity (Wildman–Crippen MR) is 308 cm³/mol. The number of para-hydroxylation sites is 1. The SMILES string of the molecule is CCCCCCCCCCCCCCCCCCCCCCCCCCN[C@@H](CO[C@@H]1O[C@H](COC(=O)Nc2c(C(C)C)cccc2C(C)C)[C@H](O)[C@H](O)[C@H]1O)[C@H](O)[C@H](O)CCCCCCCCCCCCCC. The summed E-state index contributed by atoms with van der Waals surface area (Å²) < 4.78 is 17.5. The van der Waals surface area contributed by atoms with Gasteiger partial charge in [-0.05, 0) is 42.3 Å². The number of unbranched alkanes of at least 4 members (excludes halogenated alkanes) is 34. The van der Waals surface area contributed by atoms with Crippen molar-refractivity contribution in [2.24, 2.45) is 0 Å². The highest BCUT2D eigenvalue weighted by Crippen LogP contribution is 2.33. The van der Waals surface area contributed by atoms with Crippen LogP contribution in [0.2, 0.25) is 0 Å². The Hall–Kier alpha value is -1.83. The van der Waals surface area contributed by atoms with Crippen LogP contribution in [0.5, 0.6) is 0 Å². The average molecular weight is 1050 g/mol. The summed E-state index contributed by atoms with van der Waals surface area (Å²) in [5.41, 5.74) is 2.63. The van der Waals surface area contributed by atoms with Gasteiger partial charge in [0, 0.05) is 0 Å². The highest BCUT2D eigenvalue weighted by Gasteiger charge is 2.45. The summed E-state index contributed by atoms with van der Waals surface area (Å²) in [5, 5.41) is 61.8. The Morgan fingerprint density at radius 2 is 0.919 bits per heavy atom. The Balaban J connectivity index is 1.77. The summed E-state index contributed by atoms with van der Waals surface area (Å²) in [6.07, 6.45) is 37.0. The molecule has 0 bridgehead atoms. The first-order chi connectivity index (χ1) is 35.9. The van der Waals surface area contributed by atoms with Crippen LogP contribution in [0.4, 0.5) is 10.5 Å². The molecule has 8 atom stereocenters. The van der Waals surface area contributed by atoms with E-state index in [-0.39, 0.29) is 18.4 Å². The topological polar surface area (TPSA) is 170 Å². The van der Waals surface area contributed by atoms with E-state index < -0.39 is 61.7 Å². The molecule has 434 valence electrons. The molecule has 0 radical (unpaired) electrons. The average Bonchev–Trinajstić information content (AvgIpc) is 3.38. The Kier molecular flexibility index (Phi) is 41.6. The fourth-order valence-corrected chi connectivity index (χ4v) is 10.7. The van der Waals surface area contributed by atoms with Crippen molar-refractivity contribution >= 4 is 11.8 Å². The van der Waals surface area contributed by atoms with Gasteiger partial charge in [0.15, 0.2) is 6.29 Å². The molecule has 0 unspecified atom stereocenters. The Morgan fingerprint density at radius 1 is 0.541 bits per heavy atom. The summed E-state index contributed by atoms with van der Waals surface area (Å²) in [6.45, 7) is 12.9. The van der Waals surface area contributed by atoms with Gasteiger partial charge in [-0.2, -0.15) is 0 Å². The monoisotopic (exact) mass is 1050 g/mol. The minimum absolute atomic E-state index is 0.126. The molecule has 2 rings (SSSR count). The highest BCUT2D eigenvalue weighted by molar-refractivity contribution is 5.87. The number of aliphatic hydroxyl groups excluding tert-OH is 5. The van der Waals surface area contributed by atoms with Crippen LogP contribution in [0.25, 0.3) is 0 Å². The zero-order valence-corrected chi connectivity index (χ0v) is 48.7. The molecule has 1 heterocycles. The standard InChI is InChI=1S/C63H118N2O9/c1-7-9-11-13-15-17-19-21-22-23-24-25-26-27-28-29-30-31-32-34-36-38-40-42-47-64-54(58(67)55(66)46-41-39-37-35-33-20-18-16-14-12-10-8-2)48-72-62-61(70)60(69)59(68)56(74-62)49-73-63(71)65-57-52(50(3)4)44-43-45-53(57)51(5)6/h43-45,50-51,54-56,58-62,64,66-70H,7-42,46-49H2,1-6H3,(H,65,71)/t54-,55+,56+,58-,59-,60-,61+,62+/m0/s1. The molecule has 0 spiro atoms. The lowest BCUT2D eigenvalue weighted by molar-refractivity contribution is -0.302. The van der Waals surface area contributed by atoms with Gasteiger partial charge in [-0.3, -0.25) is 5.32 Å². The normalized spacial score (nSPS) is 19.3. The Labute approximate surface area is 454 Å². The first kappa shape index (κ1) is 68.3. The van der Waals surface area contributed by atoms with Crippen molar-refractivity contribution in [1.29, 1.82) is 0 Å². The van der Waals surface area contributed by atoms with Gasteiger partial charge in [0.25, 0.3) is 0 Å². The number of ether oxygens (including phenoxy) is 3. The maximum atomic E-state index is 13.2. The predicted octanol–water partition coefficient (Wildman–Crippen LogP) is 15.5. The lowest BCUT2D eigenvalue weighted by atomic mass is 9.93. The third-order valence-electron chi connectivity index (χ3n) is 15.7. The number of carbonyl (C=O) groups excluding carboxylic acids is 1. The quantitative estimate of drug-likeness (QED) is 0.0312. The van der Waals surface area contributed by atoms with Gasteiger partial charge in [0.05, 0.1) is 30.5 Å². The second-order valence-electron chi connectivity index (χ2n) is 23.1. The van der Waals surface area contributed by atoms with Crippen LogP contribution in [0.1, 0.15) is 302 Å². The van der Waals surface area contributed by atoms with Crippen LogP contribution < -0.4 is 10.6 Å². The van der Waals surface area contributed by atoms with Gasteiger partial charge >= 0.3 is 6.09 Å². The molecule has 7 N–H and O–H groups in total. The number of aliphatic hydroxyl groups is 5. The molecule has 1 aliphatic heterocycles. The fourth-order valence-electron chi connectivity index (χ4n) is 10.7. The zero-order chi connectivity index (χ0) is 54.0. The van der Waals surface area contributed by atoms with E-state index in [9.17, 15) is 30.3 Å². The van der Waals surface area contributed by atoms with Crippen molar-refractivity contribution in [1.82, 2.24) is 5.32 Å². The van der Waals surface area contributed by atoms with Gasteiger partial charge in [0.2, 0.25) is 0 Å². The Morgan fingerprint density at radius 3 is 1.31 bits per heavy atom. The molecular formula is C63H118N2O9. The lowest BCUT2D eigenvalue weighted by Gasteiger charge is -2.40. The number of nitrogens with one attached hydrogen (secondary N) is 2. The lowest BCUT2D eigenvalue weighted by Crippen LogP contribution is -2.60. The van der Waals surface area contributed by atoms with Crippen molar-refractivity contribution in [2.75, 3.05) is 25.1 Å². The maximum Gasteiger partial charge on any atom is 0.411 e. The van der Waals surface area contributed by atoms with E-state index in [1.807, 2.05) is 18.2 Å². The molecule has 1 fully saturated rings. The molecule has 0 saturated carbocycles. The summed E-state index contributed by atoms with van der Waals surface area (Å²) in [5.74, 6) is 0.301. The second-order valence-corrected chi connectivity index (χ2v) is 23.1. The van der Waals surface area contributed by atoms with E-state index in [4.69, 9.17) is 14.2 Å². The van der Waals surface area contributed by atoms with Crippen LogP contribution in [0, 0.1) is 0 Å². The van der Waals surface area contributed by atoms with E-state index in [2.05, 4.69) is 52.2 Å². The molecular weight excluding hydrogens is 929 g/mol. The molecule has 11 nitrogen and oxygen atoms in total. The Bertz CT molecular complexity index is 1420. The van der Waals surface area contributed by atoms with E-state index in [1.54, 1.807) is 0 Å². The molecule has 0 aromatic heterocycles. The molecule has 0 aliphatic carbocycles. The third kappa shape index (κ3) is 31.5. The zero-order valence-electron chi connectivity index (χ0n) is 48.7. The second kappa shape index (κ2) is 45.1. The number of rotatable bonds is 49. The van der Waals surface area contributed by atoms with E-state index in [0.717, 1.165) is 49.7 Å². The van der Waals surface area contributed by atoms with Gasteiger partial charge < -0.3 is 45.1 Å². The summed E-state index contributed by atoms with van der Waals surface area (Å²) in [7, 11) is 0. The van der Waals surface area contributed by atoms with Crippen LogP contribution >= 0.6 is 0 Å². The number of hydrogen-bond donors (Lipinski definition) is 7. The third-order valence-corrected chi connectivity index (χ3v) is 15.7. The molecule has 1 aromatic rings. The molecule has 1 saturated heterocycles. The van der Waals surface area contributed by atoms with Gasteiger partial charge in [-0.15, -0.1) is 0 Å². The highest BCUT2D eigenvalue weighted by atomic mass is 16.7. The largest absolute Gasteiger partial charge is 0.446 e. The van der Waals surface area contributed by atoms with Crippen LogP contribution in [-0.4, -0.2) is 100 Å². The van der Waals surface area contributed by atoms with Crippen molar-refractivity contribution in [3.63, 3.8) is 0 Å². The molecule has 74 heavy (non-hydrogen) atoms. The smallest absolute Gasteiger partial charge is 0.411 e. The fraction of sp³-hybridized carbons (Fsp3) is 0.889. The number of carbonyl (C=O) groups is 1. The molecule has 1 amide bonds. The summed E-state index contributed by atoms with van der Waals surface area (Å²) >= 11 is 0. The molecule has 1 aliphatic rings. The van der Waals surface area contributed by atoms with Crippen LogP contribution in [-0.2, 0) is 14.2 Å². The van der Waals surface area contributed by atoms with E-state index in [1.165, 1.54) is 193 Å². The summed E-state index contributed by atoms with van der Waals surface area (Å²) in [4.78, 5) is 13.2. The van der Waals surface area contributed by atoms with Gasteiger partial charge in [-0.25, -0.2) is 4.79 Å². The summed E-state index contributed by atoms with van der Waals surface area (Å²) in [6, 6.07) is 5.25. The van der Waals surface area contributed by atoms with Crippen molar-refractivity contribution in [3.05, 3.63) is 29.3 Å². The molecule has 1 aromatic carbocycles. The van der Waals surface area contributed by atoms with Gasteiger partial charge in [-0.1, -0.05) is 284 Å². The minimum atomic E-state index is -1.63. The minimum Gasteiger partial charge on any atom is -0.446 e. The van der Waals surface area contributed by atoms with Crippen molar-refractivity contribution < 1.29 is 44.5 Å². The van der Waals surface area contributed by atoms with Crippen LogP contribution in [0.15, 0.2) is 18.2 Å². The maximum absolute atomic E-state index is 13.2. The van der Waals surface area contributed by atoms with Crippen LogP contribution in [0.3, 0.4) is 0 Å². The van der Waals surface area contributed by atoms with E-state index >= 15 is 0 Å². The first-order valence-corrected chi connectivity index (χ1v) is 31.4. The van der Waals surface area contributed by atoms with Gasteiger partial charge in [0.1, 0.15) is 31.0 Å². The number of amides is 1.